The molecule has 0 spiro atoms. The fourth-order valence-electron chi connectivity index (χ4n) is 3.64. The number of amides is 3. The highest BCUT2D eigenvalue weighted by molar-refractivity contribution is 5.95. The summed E-state index contributed by atoms with van der Waals surface area (Å²) in [4.78, 5) is 36.4. The third kappa shape index (κ3) is 3.92. The van der Waals surface area contributed by atoms with Crippen molar-refractivity contribution in [1.29, 1.82) is 0 Å². The number of aliphatic carboxylic acids is 1. The van der Waals surface area contributed by atoms with E-state index in [1.165, 1.54) is 0 Å². The van der Waals surface area contributed by atoms with Crippen LogP contribution in [0.2, 0.25) is 0 Å². The van der Waals surface area contributed by atoms with Crippen LogP contribution in [0.1, 0.15) is 38.2 Å². The second-order valence-electron chi connectivity index (χ2n) is 6.75. The zero-order valence-electron chi connectivity index (χ0n) is 14.2. The van der Waals surface area contributed by atoms with Crippen molar-refractivity contribution in [2.45, 2.75) is 45.1 Å². The van der Waals surface area contributed by atoms with Crippen molar-refractivity contribution in [3.8, 4) is 0 Å². The molecule has 3 N–H and O–H groups in total. The lowest BCUT2D eigenvalue weighted by atomic mass is 9.86. The number of carbonyl (C=O) groups is 3. The predicted octanol–water partition coefficient (Wildman–Crippen LogP) is 2.36. The van der Waals surface area contributed by atoms with Crippen molar-refractivity contribution in [3.05, 3.63) is 23.8 Å². The minimum absolute atomic E-state index is 0.0123. The molecule has 1 heterocycles. The number of hydrogen-bond donors (Lipinski definition) is 3. The standard InChI is InChI=1S/C18H23N3O4/c1-11(22)21-9-8-13-10-15(6-7-16(13)21)20-18(25)19-14-4-2-12(3-5-14)17(23)24/h6-7,10,12,14H,2-5,8-9H2,1H3,(H,23,24)(H2,19,20,25). The van der Waals surface area contributed by atoms with Gasteiger partial charge in [0.25, 0.3) is 0 Å². The highest BCUT2D eigenvalue weighted by atomic mass is 16.4. The van der Waals surface area contributed by atoms with E-state index in [9.17, 15) is 14.4 Å². The van der Waals surface area contributed by atoms with E-state index in [0.29, 0.717) is 37.9 Å². The van der Waals surface area contributed by atoms with Gasteiger partial charge in [-0.2, -0.15) is 0 Å². The number of hydrogen-bond acceptors (Lipinski definition) is 3. The van der Waals surface area contributed by atoms with Gasteiger partial charge in [0.15, 0.2) is 0 Å². The van der Waals surface area contributed by atoms with Gasteiger partial charge in [0.1, 0.15) is 0 Å². The Kier molecular flexibility index (Phi) is 4.92. The third-order valence-corrected chi connectivity index (χ3v) is 5.02. The van der Waals surface area contributed by atoms with Crippen molar-refractivity contribution in [2.24, 2.45) is 5.92 Å². The van der Waals surface area contributed by atoms with Gasteiger partial charge in [-0.3, -0.25) is 9.59 Å². The zero-order valence-corrected chi connectivity index (χ0v) is 14.2. The maximum Gasteiger partial charge on any atom is 0.319 e. The maximum atomic E-state index is 12.2. The topological polar surface area (TPSA) is 98.7 Å². The minimum Gasteiger partial charge on any atom is -0.481 e. The van der Waals surface area contributed by atoms with Crippen LogP contribution in [0.3, 0.4) is 0 Å². The monoisotopic (exact) mass is 345 g/mol. The number of fused-ring (bicyclic) bond motifs is 1. The van der Waals surface area contributed by atoms with E-state index in [4.69, 9.17) is 5.11 Å². The molecule has 1 aliphatic carbocycles. The van der Waals surface area contributed by atoms with E-state index in [1.807, 2.05) is 12.1 Å². The van der Waals surface area contributed by atoms with E-state index in [2.05, 4.69) is 10.6 Å². The fraction of sp³-hybridized carbons (Fsp3) is 0.500. The average molecular weight is 345 g/mol. The summed E-state index contributed by atoms with van der Waals surface area (Å²) in [7, 11) is 0. The Bertz CT molecular complexity index is 696. The molecule has 7 heteroatoms. The van der Waals surface area contributed by atoms with Crippen molar-refractivity contribution in [3.63, 3.8) is 0 Å². The van der Waals surface area contributed by atoms with Gasteiger partial charge in [-0.25, -0.2) is 4.79 Å². The molecule has 7 nitrogen and oxygen atoms in total. The Morgan fingerprint density at radius 3 is 2.52 bits per heavy atom. The van der Waals surface area contributed by atoms with Gasteiger partial charge in [0, 0.05) is 30.9 Å². The molecule has 3 rings (SSSR count). The van der Waals surface area contributed by atoms with Crippen molar-refractivity contribution < 1.29 is 19.5 Å². The predicted molar refractivity (Wildman–Crippen MR) is 93.7 cm³/mol. The van der Waals surface area contributed by atoms with Gasteiger partial charge in [0.05, 0.1) is 5.92 Å². The highest BCUT2D eigenvalue weighted by Gasteiger charge is 2.27. The van der Waals surface area contributed by atoms with Gasteiger partial charge < -0.3 is 20.6 Å². The number of rotatable bonds is 3. The lowest BCUT2D eigenvalue weighted by Crippen LogP contribution is -2.41. The quantitative estimate of drug-likeness (QED) is 0.783. The van der Waals surface area contributed by atoms with Crippen molar-refractivity contribution in [1.82, 2.24) is 5.32 Å². The number of anilines is 2. The van der Waals surface area contributed by atoms with Crippen LogP contribution in [-0.2, 0) is 16.0 Å². The van der Waals surface area contributed by atoms with Crippen LogP contribution < -0.4 is 15.5 Å². The number of nitrogens with zero attached hydrogens (tertiary/aromatic N) is 1. The molecule has 1 aromatic rings. The number of carbonyl (C=O) groups excluding carboxylic acids is 2. The second kappa shape index (κ2) is 7.13. The molecule has 0 aromatic heterocycles. The van der Waals surface area contributed by atoms with Crippen LogP contribution >= 0.6 is 0 Å². The largest absolute Gasteiger partial charge is 0.481 e. The second-order valence-corrected chi connectivity index (χ2v) is 6.75. The molecule has 2 aliphatic rings. The van der Waals surface area contributed by atoms with Crippen molar-refractivity contribution in [2.75, 3.05) is 16.8 Å². The first-order valence-corrected chi connectivity index (χ1v) is 8.65. The molecule has 0 unspecified atom stereocenters. The molecule has 3 amide bonds. The van der Waals surface area contributed by atoms with E-state index in [1.54, 1.807) is 17.9 Å². The molecular weight excluding hydrogens is 322 g/mol. The Morgan fingerprint density at radius 2 is 1.88 bits per heavy atom. The fourth-order valence-corrected chi connectivity index (χ4v) is 3.64. The number of urea groups is 1. The molecule has 0 bridgehead atoms. The molecule has 1 saturated carbocycles. The Labute approximate surface area is 146 Å². The maximum absolute atomic E-state index is 12.2. The summed E-state index contributed by atoms with van der Waals surface area (Å²) in [5, 5.41) is 14.7. The summed E-state index contributed by atoms with van der Waals surface area (Å²) in [5.41, 5.74) is 2.65. The van der Waals surface area contributed by atoms with Crippen LogP contribution in [0.4, 0.5) is 16.2 Å². The van der Waals surface area contributed by atoms with E-state index >= 15 is 0 Å². The van der Waals surface area contributed by atoms with Gasteiger partial charge >= 0.3 is 12.0 Å². The molecule has 0 saturated heterocycles. The van der Waals surface area contributed by atoms with E-state index < -0.39 is 5.97 Å². The summed E-state index contributed by atoms with van der Waals surface area (Å²) in [6.45, 7) is 2.22. The van der Waals surface area contributed by atoms with Crippen LogP contribution in [0.5, 0.6) is 0 Å². The van der Waals surface area contributed by atoms with Crippen LogP contribution in [-0.4, -0.2) is 35.6 Å². The highest BCUT2D eigenvalue weighted by Crippen LogP contribution is 2.30. The molecule has 0 atom stereocenters. The normalized spacial score (nSPS) is 22.2. The SMILES string of the molecule is CC(=O)N1CCc2cc(NC(=O)NC3CCC(C(=O)O)CC3)ccc21. The van der Waals surface area contributed by atoms with Crippen molar-refractivity contribution >= 4 is 29.3 Å². The molecule has 0 radical (unpaired) electrons. The lowest BCUT2D eigenvalue weighted by molar-refractivity contribution is -0.142. The number of nitrogens with one attached hydrogen (secondary N) is 2. The first-order chi connectivity index (χ1) is 11.9. The Balaban J connectivity index is 1.54. The zero-order chi connectivity index (χ0) is 18.0. The molecule has 1 fully saturated rings. The van der Waals surface area contributed by atoms with Crippen LogP contribution in [0, 0.1) is 5.92 Å². The van der Waals surface area contributed by atoms with Crippen LogP contribution in [0.15, 0.2) is 18.2 Å². The summed E-state index contributed by atoms with van der Waals surface area (Å²) in [6, 6.07) is 5.29. The minimum atomic E-state index is -0.749. The molecule has 1 aromatic carbocycles. The van der Waals surface area contributed by atoms with Gasteiger partial charge in [-0.1, -0.05) is 0 Å². The number of carboxylic acid groups (broad SMARTS) is 1. The molecule has 134 valence electrons. The van der Waals surface area contributed by atoms with Crippen LogP contribution in [0.25, 0.3) is 0 Å². The smallest absolute Gasteiger partial charge is 0.319 e. The molecular formula is C18H23N3O4. The van der Waals surface area contributed by atoms with E-state index in [0.717, 1.165) is 17.7 Å². The summed E-state index contributed by atoms with van der Waals surface area (Å²) >= 11 is 0. The Hall–Kier alpha value is -2.57. The number of carboxylic acids is 1. The third-order valence-electron chi connectivity index (χ3n) is 5.02. The lowest BCUT2D eigenvalue weighted by Gasteiger charge is -2.26. The molecule has 1 aliphatic heterocycles. The number of benzene rings is 1. The van der Waals surface area contributed by atoms with Gasteiger partial charge in [-0.15, -0.1) is 0 Å². The van der Waals surface area contributed by atoms with E-state index in [-0.39, 0.29) is 23.9 Å². The Morgan fingerprint density at radius 1 is 1.16 bits per heavy atom. The average Bonchev–Trinajstić information content (AvgIpc) is 2.98. The first-order valence-electron chi connectivity index (χ1n) is 8.65. The first kappa shape index (κ1) is 17.3. The van der Waals surface area contributed by atoms with Gasteiger partial charge in [0.2, 0.25) is 5.91 Å². The summed E-state index contributed by atoms with van der Waals surface area (Å²) in [6.07, 6.45) is 3.34. The molecule has 25 heavy (non-hydrogen) atoms. The van der Waals surface area contributed by atoms with Gasteiger partial charge in [-0.05, 0) is 55.9 Å². The summed E-state index contributed by atoms with van der Waals surface area (Å²) < 4.78 is 0. The summed E-state index contributed by atoms with van der Waals surface area (Å²) in [5.74, 6) is -1.02.